The van der Waals surface area contributed by atoms with Gasteiger partial charge in [-0.3, -0.25) is 4.79 Å². The summed E-state index contributed by atoms with van der Waals surface area (Å²) in [4.78, 5) is 11.9. The Bertz CT molecular complexity index is 589. The lowest BCUT2D eigenvalue weighted by atomic mass is 10.1. The van der Waals surface area contributed by atoms with Crippen LogP contribution in [0.1, 0.15) is 21.6 Å². The van der Waals surface area contributed by atoms with Crippen LogP contribution in [0.4, 0.5) is 13.2 Å². The quantitative estimate of drug-likeness (QED) is 0.772. The van der Waals surface area contributed by atoms with E-state index in [1.54, 1.807) is 0 Å². The predicted molar refractivity (Wildman–Crippen MR) is 55.9 cm³/mol. The first-order chi connectivity index (χ1) is 8.39. The van der Waals surface area contributed by atoms with E-state index in [9.17, 15) is 18.0 Å². The van der Waals surface area contributed by atoms with Crippen LogP contribution in [0.15, 0.2) is 30.5 Å². The normalized spacial score (nSPS) is 11.6. The molecule has 0 spiro atoms. The van der Waals surface area contributed by atoms with Gasteiger partial charge in [0.1, 0.15) is 5.69 Å². The Kier molecular flexibility index (Phi) is 2.90. The number of carbonyl (C=O) groups excluding carboxylic acids is 1. The second kappa shape index (κ2) is 4.25. The van der Waals surface area contributed by atoms with E-state index in [1.807, 2.05) is 0 Å². The number of carbonyl (C=O) groups is 1. The molecule has 18 heavy (non-hydrogen) atoms. The van der Waals surface area contributed by atoms with E-state index in [1.165, 1.54) is 30.1 Å². The van der Waals surface area contributed by atoms with Crippen LogP contribution < -0.4 is 0 Å². The fourth-order valence-electron chi connectivity index (χ4n) is 1.48. The molecule has 0 saturated heterocycles. The molecule has 0 saturated carbocycles. The lowest BCUT2D eigenvalue weighted by Gasteiger charge is -2.07. The molecule has 1 aromatic carbocycles. The first-order valence-electron chi connectivity index (χ1n) is 4.96. The number of aromatic nitrogens is 3. The highest BCUT2D eigenvalue weighted by molar-refractivity contribution is 6.07. The summed E-state index contributed by atoms with van der Waals surface area (Å²) in [5.41, 5.74) is -0.770. The maximum atomic E-state index is 12.5. The zero-order valence-electron chi connectivity index (χ0n) is 9.27. The lowest BCUT2D eigenvalue weighted by molar-refractivity contribution is -0.137. The van der Waals surface area contributed by atoms with Crippen LogP contribution in [0.3, 0.4) is 0 Å². The Labute approximate surface area is 100 Å². The molecule has 0 bridgehead atoms. The Morgan fingerprint density at radius 1 is 1.33 bits per heavy atom. The molecule has 4 nitrogen and oxygen atoms in total. The SMILES string of the molecule is Cn1nncc1C(=O)c1cccc(C(F)(F)F)c1. The molecule has 1 aromatic heterocycles. The van der Waals surface area contributed by atoms with Gasteiger partial charge in [0.2, 0.25) is 5.78 Å². The summed E-state index contributed by atoms with van der Waals surface area (Å²) in [5, 5.41) is 7.07. The topological polar surface area (TPSA) is 47.8 Å². The molecule has 2 rings (SSSR count). The van der Waals surface area contributed by atoms with Gasteiger partial charge < -0.3 is 0 Å². The van der Waals surface area contributed by atoms with Gasteiger partial charge in [0.25, 0.3) is 0 Å². The number of ketones is 1. The van der Waals surface area contributed by atoms with Crippen molar-refractivity contribution in [1.29, 1.82) is 0 Å². The number of halogens is 3. The second-order valence-electron chi connectivity index (χ2n) is 3.65. The van der Waals surface area contributed by atoms with Crippen LogP contribution in [0.25, 0.3) is 0 Å². The third-order valence-corrected chi connectivity index (χ3v) is 2.40. The molecule has 0 aliphatic carbocycles. The van der Waals surface area contributed by atoms with Crippen LogP contribution in [-0.2, 0) is 13.2 Å². The number of hydrogen-bond acceptors (Lipinski definition) is 3. The largest absolute Gasteiger partial charge is 0.416 e. The zero-order valence-corrected chi connectivity index (χ0v) is 9.27. The van der Waals surface area contributed by atoms with Crippen molar-refractivity contribution in [3.05, 3.63) is 47.3 Å². The fourth-order valence-corrected chi connectivity index (χ4v) is 1.48. The first-order valence-corrected chi connectivity index (χ1v) is 4.96. The minimum atomic E-state index is -4.47. The van der Waals surface area contributed by atoms with Crippen molar-refractivity contribution in [2.24, 2.45) is 7.05 Å². The minimum Gasteiger partial charge on any atom is -0.287 e. The fraction of sp³-hybridized carbons (Fsp3) is 0.182. The van der Waals surface area contributed by atoms with Gasteiger partial charge in [0.05, 0.1) is 11.8 Å². The molecule has 0 amide bonds. The van der Waals surface area contributed by atoms with Gasteiger partial charge >= 0.3 is 6.18 Å². The van der Waals surface area contributed by atoms with Crippen LogP contribution >= 0.6 is 0 Å². The molecule has 0 N–H and O–H groups in total. The van der Waals surface area contributed by atoms with E-state index in [4.69, 9.17) is 0 Å². The maximum absolute atomic E-state index is 12.5. The molecule has 0 atom stereocenters. The number of hydrogen-bond donors (Lipinski definition) is 0. The van der Waals surface area contributed by atoms with E-state index in [0.29, 0.717) is 0 Å². The molecule has 94 valence electrons. The Morgan fingerprint density at radius 2 is 2.06 bits per heavy atom. The van der Waals surface area contributed by atoms with Gasteiger partial charge in [-0.25, -0.2) is 4.68 Å². The molecule has 0 fully saturated rings. The van der Waals surface area contributed by atoms with Crippen molar-refractivity contribution in [1.82, 2.24) is 15.0 Å². The zero-order chi connectivity index (χ0) is 13.3. The summed E-state index contributed by atoms with van der Waals surface area (Å²) in [5.74, 6) is -0.548. The van der Waals surface area contributed by atoms with Gasteiger partial charge in [-0.05, 0) is 12.1 Å². The van der Waals surface area contributed by atoms with Crippen molar-refractivity contribution in [3.8, 4) is 0 Å². The van der Waals surface area contributed by atoms with Crippen molar-refractivity contribution in [2.45, 2.75) is 6.18 Å². The van der Waals surface area contributed by atoms with Gasteiger partial charge in [0.15, 0.2) is 0 Å². The summed E-state index contributed by atoms with van der Waals surface area (Å²) >= 11 is 0. The summed E-state index contributed by atoms with van der Waals surface area (Å²) in [6.07, 6.45) is -3.26. The van der Waals surface area contributed by atoms with E-state index in [-0.39, 0.29) is 11.3 Å². The van der Waals surface area contributed by atoms with E-state index in [0.717, 1.165) is 12.1 Å². The number of nitrogens with zero attached hydrogens (tertiary/aromatic N) is 3. The van der Waals surface area contributed by atoms with Gasteiger partial charge in [0, 0.05) is 12.6 Å². The molecule has 0 radical (unpaired) electrons. The lowest BCUT2D eigenvalue weighted by Crippen LogP contribution is -2.11. The molecule has 0 aliphatic heterocycles. The second-order valence-corrected chi connectivity index (χ2v) is 3.65. The molecule has 2 aromatic rings. The number of rotatable bonds is 2. The number of benzene rings is 1. The van der Waals surface area contributed by atoms with Crippen molar-refractivity contribution < 1.29 is 18.0 Å². The Morgan fingerprint density at radius 3 is 2.61 bits per heavy atom. The highest BCUT2D eigenvalue weighted by atomic mass is 19.4. The summed E-state index contributed by atoms with van der Waals surface area (Å²) in [6.45, 7) is 0. The Hall–Kier alpha value is -2.18. The van der Waals surface area contributed by atoms with E-state index < -0.39 is 17.5 Å². The molecular formula is C11H8F3N3O. The van der Waals surface area contributed by atoms with Crippen molar-refractivity contribution >= 4 is 5.78 Å². The van der Waals surface area contributed by atoms with E-state index >= 15 is 0 Å². The number of alkyl halides is 3. The van der Waals surface area contributed by atoms with Crippen LogP contribution in [-0.4, -0.2) is 20.8 Å². The maximum Gasteiger partial charge on any atom is 0.416 e. The van der Waals surface area contributed by atoms with Crippen molar-refractivity contribution in [2.75, 3.05) is 0 Å². The van der Waals surface area contributed by atoms with Crippen LogP contribution in [0.5, 0.6) is 0 Å². The van der Waals surface area contributed by atoms with Gasteiger partial charge in [-0.15, -0.1) is 5.10 Å². The summed E-state index contributed by atoms with van der Waals surface area (Å²) in [7, 11) is 1.49. The molecule has 1 heterocycles. The predicted octanol–water partition coefficient (Wildman–Crippen LogP) is 2.06. The molecule has 0 unspecified atom stereocenters. The smallest absolute Gasteiger partial charge is 0.287 e. The minimum absolute atomic E-state index is 0.0461. The van der Waals surface area contributed by atoms with E-state index in [2.05, 4.69) is 10.3 Å². The monoisotopic (exact) mass is 255 g/mol. The molecule has 0 aliphatic rings. The van der Waals surface area contributed by atoms with Crippen molar-refractivity contribution in [3.63, 3.8) is 0 Å². The molecule has 7 heteroatoms. The van der Waals surface area contributed by atoms with Gasteiger partial charge in [-0.2, -0.15) is 13.2 Å². The first kappa shape index (κ1) is 12.3. The summed E-state index contributed by atoms with van der Waals surface area (Å²) in [6, 6.07) is 4.25. The average Bonchev–Trinajstić information content (AvgIpc) is 2.73. The average molecular weight is 255 g/mol. The number of aryl methyl sites for hydroxylation is 1. The standard InChI is InChI=1S/C11H8F3N3O/c1-17-9(6-15-16-17)10(18)7-3-2-4-8(5-7)11(12,13)14/h2-6H,1H3. The van der Waals surface area contributed by atoms with Crippen LogP contribution in [0, 0.1) is 0 Å². The Balaban J connectivity index is 2.41. The third kappa shape index (κ3) is 2.24. The third-order valence-electron chi connectivity index (χ3n) is 2.40. The van der Waals surface area contributed by atoms with Gasteiger partial charge in [-0.1, -0.05) is 17.3 Å². The highest BCUT2D eigenvalue weighted by Gasteiger charge is 2.31. The summed E-state index contributed by atoms with van der Waals surface area (Å²) < 4.78 is 38.7. The highest BCUT2D eigenvalue weighted by Crippen LogP contribution is 2.29. The molecular weight excluding hydrogens is 247 g/mol. The van der Waals surface area contributed by atoms with Crippen LogP contribution in [0.2, 0.25) is 0 Å².